The van der Waals surface area contributed by atoms with Gasteiger partial charge in [0.25, 0.3) is 11.8 Å². The van der Waals surface area contributed by atoms with Gasteiger partial charge in [-0.3, -0.25) is 9.59 Å². The van der Waals surface area contributed by atoms with Crippen molar-refractivity contribution < 1.29 is 40.2 Å². The van der Waals surface area contributed by atoms with E-state index < -0.39 is 35.5 Å². The lowest BCUT2D eigenvalue weighted by molar-refractivity contribution is -0.0761. The maximum atomic E-state index is 12.9. The highest BCUT2D eigenvalue weighted by Gasteiger charge is 2.51. The van der Waals surface area contributed by atoms with Crippen LogP contribution < -0.4 is 4.74 Å². The molecule has 1 aliphatic heterocycles. The van der Waals surface area contributed by atoms with Crippen LogP contribution in [0.1, 0.15) is 48.4 Å². The summed E-state index contributed by atoms with van der Waals surface area (Å²) in [5.41, 5.74) is -6.17. The number of hydrogen-bond donors (Lipinski definition) is 0. The van der Waals surface area contributed by atoms with Gasteiger partial charge in [-0.25, -0.2) is 0 Å². The summed E-state index contributed by atoms with van der Waals surface area (Å²) in [4.78, 5) is 25.6. The zero-order chi connectivity index (χ0) is 25.9. The molecule has 2 aromatic rings. The van der Waals surface area contributed by atoms with Gasteiger partial charge in [0.2, 0.25) is 0 Å². The summed E-state index contributed by atoms with van der Waals surface area (Å²) in [6, 6.07) is 7.30. The van der Waals surface area contributed by atoms with E-state index in [1.807, 2.05) is 0 Å². The molecule has 0 unspecified atom stereocenters. The number of carbonyl (C=O) groups excluding carboxylic acids is 2. The number of benzene rings is 2. The highest BCUT2D eigenvalue weighted by Crippen LogP contribution is 2.44. The minimum Gasteiger partial charge on any atom is -0.497 e. The maximum absolute atomic E-state index is 12.9. The van der Waals surface area contributed by atoms with E-state index in [-0.39, 0.29) is 32.4 Å². The zero-order valence-corrected chi connectivity index (χ0v) is 21.4. The van der Waals surface area contributed by atoms with Gasteiger partial charge in [-0.2, -0.15) is 21.6 Å². The predicted octanol–water partition coefficient (Wildman–Crippen LogP) is 5.28. The van der Waals surface area contributed by atoms with Crippen molar-refractivity contribution in [3.05, 3.63) is 41.5 Å². The number of rotatable bonds is 7. The summed E-state index contributed by atoms with van der Waals surface area (Å²) < 4.78 is 71.4. The Labute approximate surface area is 196 Å². The second-order valence-electron chi connectivity index (χ2n) is 9.80. The van der Waals surface area contributed by atoms with Crippen molar-refractivity contribution in [2.45, 2.75) is 51.3 Å². The Hall–Kier alpha value is -2.44. The van der Waals surface area contributed by atoms with E-state index in [1.54, 1.807) is 12.1 Å². The summed E-state index contributed by atoms with van der Waals surface area (Å²) in [5, 5.41) is 0.287. The van der Waals surface area contributed by atoms with Crippen LogP contribution in [0.2, 0.25) is 18.1 Å². The van der Waals surface area contributed by atoms with Gasteiger partial charge in [0.15, 0.2) is 0 Å². The zero-order valence-electron chi connectivity index (χ0n) is 19.6. The Morgan fingerprint density at radius 2 is 1.62 bits per heavy atom. The standard InChI is InChI=1S/C22H26F3NO6SSi/c1-13(2)21(3,4)34(5,6)12-31-15-10-14-8-7-9-16-18(14)17(11-15)20(28)26(19(16)27)32-33(29,30)22(23,24)25/h7-11,13H,12H2,1-6H3. The number of hydroxylamine groups is 2. The molecule has 12 heteroatoms. The first-order valence-corrected chi connectivity index (χ1v) is 15.1. The molecule has 0 radical (unpaired) electrons. The van der Waals surface area contributed by atoms with Gasteiger partial charge in [-0.05, 0) is 34.5 Å². The molecular weight excluding hydrogens is 491 g/mol. The van der Waals surface area contributed by atoms with Gasteiger partial charge in [-0.15, -0.1) is 9.35 Å². The summed E-state index contributed by atoms with van der Waals surface area (Å²) in [5.74, 6) is -1.96. The molecule has 0 saturated heterocycles. The highest BCUT2D eigenvalue weighted by atomic mass is 32.2. The van der Waals surface area contributed by atoms with Gasteiger partial charge in [-0.1, -0.05) is 52.9 Å². The maximum Gasteiger partial charge on any atom is 0.525 e. The topological polar surface area (TPSA) is 90.0 Å². The Morgan fingerprint density at radius 1 is 1.03 bits per heavy atom. The number of amides is 2. The summed E-state index contributed by atoms with van der Waals surface area (Å²) in [7, 11) is -8.20. The van der Waals surface area contributed by atoms with Crippen molar-refractivity contribution in [2.75, 3.05) is 6.23 Å². The van der Waals surface area contributed by atoms with Crippen LogP contribution in [0.4, 0.5) is 13.2 Å². The van der Waals surface area contributed by atoms with Crippen LogP contribution in [0.5, 0.6) is 5.75 Å². The first-order valence-electron chi connectivity index (χ1n) is 10.5. The number of carbonyl (C=O) groups is 2. The van der Waals surface area contributed by atoms with E-state index in [9.17, 15) is 31.2 Å². The van der Waals surface area contributed by atoms with E-state index in [0.29, 0.717) is 17.5 Å². The third-order valence-electron chi connectivity index (χ3n) is 7.02. The van der Waals surface area contributed by atoms with Crippen molar-refractivity contribution >= 4 is 40.8 Å². The summed E-state index contributed by atoms with van der Waals surface area (Å²) in [6.07, 6.45) is 0.401. The molecule has 186 valence electrons. The lowest BCUT2D eigenvalue weighted by Crippen LogP contribution is -2.47. The number of alkyl halides is 3. The second-order valence-corrected chi connectivity index (χ2v) is 16.7. The Kier molecular flexibility index (Phi) is 6.42. The van der Waals surface area contributed by atoms with Crippen molar-refractivity contribution in [2.24, 2.45) is 5.92 Å². The molecule has 1 aliphatic rings. The highest BCUT2D eigenvalue weighted by molar-refractivity contribution is 7.87. The van der Waals surface area contributed by atoms with Crippen LogP contribution in [0.15, 0.2) is 30.3 Å². The fourth-order valence-electron chi connectivity index (χ4n) is 3.58. The molecule has 0 atom stereocenters. The molecule has 0 aromatic heterocycles. The van der Waals surface area contributed by atoms with Crippen molar-refractivity contribution in [1.29, 1.82) is 0 Å². The lowest BCUT2D eigenvalue weighted by Gasteiger charge is -2.43. The van der Waals surface area contributed by atoms with E-state index in [0.717, 1.165) is 0 Å². The van der Waals surface area contributed by atoms with Crippen molar-refractivity contribution in [3.63, 3.8) is 0 Å². The first-order chi connectivity index (χ1) is 15.4. The Morgan fingerprint density at radius 3 is 2.18 bits per heavy atom. The van der Waals surface area contributed by atoms with E-state index >= 15 is 0 Å². The molecule has 1 heterocycles. The van der Waals surface area contributed by atoms with Gasteiger partial charge in [0.05, 0.1) is 25.4 Å². The van der Waals surface area contributed by atoms with E-state index in [1.165, 1.54) is 18.2 Å². The molecule has 34 heavy (non-hydrogen) atoms. The smallest absolute Gasteiger partial charge is 0.497 e. The molecule has 3 rings (SSSR count). The van der Waals surface area contributed by atoms with Gasteiger partial charge >= 0.3 is 15.6 Å². The monoisotopic (exact) mass is 517 g/mol. The quantitative estimate of drug-likeness (QED) is 0.282. The average Bonchev–Trinajstić information content (AvgIpc) is 2.72. The molecule has 0 bridgehead atoms. The van der Waals surface area contributed by atoms with Gasteiger partial charge in [0.1, 0.15) is 5.75 Å². The number of ether oxygens (including phenoxy) is 1. The van der Waals surface area contributed by atoms with Gasteiger partial charge in [0, 0.05) is 5.39 Å². The number of halogens is 3. The van der Waals surface area contributed by atoms with Crippen LogP contribution in [0.3, 0.4) is 0 Å². The Balaban J connectivity index is 2.03. The fraction of sp³-hybridized carbons (Fsp3) is 0.455. The average molecular weight is 518 g/mol. The van der Waals surface area contributed by atoms with Crippen LogP contribution in [-0.2, 0) is 14.4 Å². The molecule has 2 amide bonds. The largest absolute Gasteiger partial charge is 0.525 e. The van der Waals surface area contributed by atoms with Crippen molar-refractivity contribution in [1.82, 2.24) is 5.06 Å². The van der Waals surface area contributed by atoms with Crippen LogP contribution in [0.25, 0.3) is 10.8 Å². The summed E-state index contributed by atoms with van der Waals surface area (Å²) in [6.45, 7) is 13.0. The Bertz CT molecular complexity index is 1270. The molecule has 0 aliphatic carbocycles. The van der Waals surface area contributed by atoms with E-state index in [2.05, 4.69) is 45.1 Å². The first kappa shape index (κ1) is 26.2. The third-order valence-corrected chi connectivity index (χ3v) is 12.9. The van der Waals surface area contributed by atoms with Crippen LogP contribution in [-0.4, -0.2) is 45.1 Å². The van der Waals surface area contributed by atoms with Gasteiger partial charge < -0.3 is 4.74 Å². The minimum absolute atomic E-state index is 0.0180. The molecule has 2 aromatic carbocycles. The molecule has 0 N–H and O–H groups in total. The van der Waals surface area contributed by atoms with E-state index in [4.69, 9.17) is 4.74 Å². The van der Waals surface area contributed by atoms with Crippen LogP contribution in [0, 0.1) is 5.92 Å². The lowest BCUT2D eigenvalue weighted by atomic mass is 9.95. The molecule has 7 nitrogen and oxygen atoms in total. The number of imide groups is 1. The predicted molar refractivity (Wildman–Crippen MR) is 122 cm³/mol. The summed E-state index contributed by atoms with van der Waals surface area (Å²) >= 11 is 0. The molecule has 0 spiro atoms. The van der Waals surface area contributed by atoms with Crippen LogP contribution >= 0.6 is 0 Å². The second kappa shape index (κ2) is 8.35. The normalized spacial score (nSPS) is 15.4. The molecular formula is C22H26F3NO6SSi. The number of nitrogens with zero attached hydrogens (tertiary/aromatic N) is 1. The number of hydrogen-bond acceptors (Lipinski definition) is 6. The fourth-order valence-corrected chi connectivity index (χ4v) is 6.46. The SMILES string of the molecule is CC(C)C(C)(C)[Si](C)(C)COc1cc2c3c(cccc3c1)C(=O)N(OS(=O)(=O)C(F)(F)F)C2=O. The van der Waals surface area contributed by atoms with Crippen molar-refractivity contribution in [3.8, 4) is 5.75 Å². The third kappa shape index (κ3) is 4.34. The molecule has 0 saturated carbocycles. The minimum atomic E-state index is -6.24. The molecule has 0 fully saturated rings.